The predicted octanol–water partition coefficient (Wildman–Crippen LogP) is 1.61. The Bertz CT molecular complexity index is 226. The SMILES string of the molecule is CCC1CCCCC1(CO)N1CCCNCC1. The second kappa shape index (κ2) is 6.17. The molecule has 1 saturated heterocycles. The molecule has 2 fully saturated rings. The van der Waals surface area contributed by atoms with E-state index in [4.69, 9.17) is 0 Å². The van der Waals surface area contributed by atoms with E-state index < -0.39 is 0 Å². The molecule has 0 aromatic heterocycles. The molecule has 100 valence electrons. The van der Waals surface area contributed by atoms with E-state index in [1.807, 2.05) is 0 Å². The topological polar surface area (TPSA) is 35.5 Å². The quantitative estimate of drug-likeness (QED) is 0.787. The molecule has 0 aromatic rings. The zero-order valence-electron chi connectivity index (χ0n) is 11.2. The highest BCUT2D eigenvalue weighted by Crippen LogP contribution is 2.40. The molecular formula is C14H28N2O. The molecule has 2 atom stereocenters. The molecule has 0 amide bonds. The van der Waals surface area contributed by atoms with Gasteiger partial charge in [0, 0.05) is 25.2 Å². The number of nitrogens with one attached hydrogen (secondary N) is 1. The molecule has 2 aliphatic rings. The zero-order chi connectivity index (χ0) is 12.1. The summed E-state index contributed by atoms with van der Waals surface area (Å²) in [5, 5.41) is 13.5. The van der Waals surface area contributed by atoms with Crippen molar-refractivity contribution in [3.8, 4) is 0 Å². The number of hydrogen-bond acceptors (Lipinski definition) is 3. The van der Waals surface area contributed by atoms with Crippen LogP contribution in [0.3, 0.4) is 0 Å². The van der Waals surface area contributed by atoms with Crippen LogP contribution in [0.2, 0.25) is 0 Å². The fraction of sp³-hybridized carbons (Fsp3) is 1.00. The molecule has 3 heteroatoms. The molecule has 2 rings (SSSR count). The molecule has 0 aromatic carbocycles. The Balaban J connectivity index is 2.14. The van der Waals surface area contributed by atoms with Crippen molar-refractivity contribution in [2.24, 2.45) is 5.92 Å². The van der Waals surface area contributed by atoms with Gasteiger partial charge in [-0.1, -0.05) is 26.2 Å². The van der Waals surface area contributed by atoms with Gasteiger partial charge in [-0.05, 0) is 31.7 Å². The summed E-state index contributed by atoms with van der Waals surface area (Å²) in [6, 6.07) is 0. The lowest BCUT2D eigenvalue weighted by atomic mass is 9.70. The van der Waals surface area contributed by atoms with Crippen molar-refractivity contribution in [3.63, 3.8) is 0 Å². The van der Waals surface area contributed by atoms with Crippen LogP contribution in [0, 0.1) is 5.92 Å². The van der Waals surface area contributed by atoms with Crippen molar-refractivity contribution in [2.45, 2.75) is 51.0 Å². The third-order valence-electron chi connectivity index (χ3n) is 4.91. The lowest BCUT2D eigenvalue weighted by Crippen LogP contribution is -2.58. The van der Waals surface area contributed by atoms with Crippen LogP contribution in [0.4, 0.5) is 0 Å². The van der Waals surface area contributed by atoms with Crippen LogP contribution < -0.4 is 5.32 Å². The Hall–Kier alpha value is -0.120. The van der Waals surface area contributed by atoms with Gasteiger partial charge in [0.25, 0.3) is 0 Å². The van der Waals surface area contributed by atoms with E-state index >= 15 is 0 Å². The average molecular weight is 240 g/mol. The smallest absolute Gasteiger partial charge is 0.0618 e. The molecule has 1 aliphatic carbocycles. The summed E-state index contributed by atoms with van der Waals surface area (Å²) < 4.78 is 0. The van der Waals surface area contributed by atoms with E-state index in [0.29, 0.717) is 12.5 Å². The van der Waals surface area contributed by atoms with E-state index in [0.717, 1.165) is 26.2 Å². The summed E-state index contributed by atoms with van der Waals surface area (Å²) in [6.45, 7) is 7.12. The van der Waals surface area contributed by atoms with Crippen molar-refractivity contribution < 1.29 is 5.11 Å². The summed E-state index contributed by atoms with van der Waals surface area (Å²) in [6.07, 6.45) is 7.58. The normalized spacial score (nSPS) is 36.7. The molecule has 0 bridgehead atoms. The Morgan fingerprint density at radius 2 is 2.12 bits per heavy atom. The van der Waals surface area contributed by atoms with Crippen molar-refractivity contribution >= 4 is 0 Å². The van der Waals surface area contributed by atoms with Gasteiger partial charge in [-0.2, -0.15) is 0 Å². The number of aliphatic hydroxyl groups excluding tert-OH is 1. The maximum Gasteiger partial charge on any atom is 0.0618 e. The number of rotatable bonds is 3. The second-order valence-electron chi connectivity index (χ2n) is 5.70. The minimum absolute atomic E-state index is 0.0963. The molecule has 1 saturated carbocycles. The summed E-state index contributed by atoms with van der Waals surface area (Å²) in [4.78, 5) is 2.60. The second-order valence-corrected chi connectivity index (χ2v) is 5.70. The van der Waals surface area contributed by atoms with E-state index in [9.17, 15) is 5.11 Å². The van der Waals surface area contributed by atoms with Gasteiger partial charge in [0.2, 0.25) is 0 Å². The first kappa shape index (κ1) is 13.3. The van der Waals surface area contributed by atoms with Crippen molar-refractivity contribution in [1.82, 2.24) is 10.2 Å². The largest absolute Gasteiger partial charge is 0.394 e. The van der Waals surface area contributed by atoms with Gasteiger partial charge in [-0.3, -0.25) is 4.90 Å². The third-order valence-corrected chi connectivity index (χ3v) is 4.91. The monoisotopic (exact) mass is 240 g/mol. The van der Waals surface area contributed by atoms with Crippen LogP contribution >= 0.6 is 0 Å². The first-order valence-electron chi connectivity index (χ1n) is 7.40. The Kier molecular flexibility index (Phi) is 4.83. The van der Waals surface area contributed by atoms with Crippen LogP contribution in [0.5, 0.6) is 0 Å². The Morgan fingerprint density at radius 3 is 2.88 bits per heavy atom. The zero-order valence-corrected chi connectivity index (χ0v) is 11.2. The summed E-state index contributed by atoms with van der Waals surface area (Å²) >= 11 is 0. The van der Waals surface area contributed by atoms with Crippen LogP contribution in [-0.4, -0.2) is 48.3 Å². The fourth-order valence-corrected chi connectivity index (χ4v) is 3.89. The Morgan fingerprint density at radius 1 is 1.24 bits per heavy atom. The van der Waals surface area contributed by atoms with E-state index in [2.05, 4.69) is 17.1 Å². The first-order chi connectivity index (χ1) is 8.33. The molecule has 17 heavy (non-hydrogen) atoms. The van der Waals surface area contributed by atoms with Crippen molar-refractivity contribution in [1.29, 1.82) is 0 Å². The summed E-state index contributed by atoms with van der Waals surface area (Å²) in [7, 11) is 0. The standard InChI is InChI=1S/C14H28N2O/c1-2-13-6-3-4-7-14(13,12-17)16-10-5-8-15-9-11-16/h13,15,17H,2-12H2,1H3. The minimum Gasteiger partial charge on any atom is -0.394 e. The molecule has 3 nitrogen and oxygen atoms in total. The predicted molar refractivity (Wildman–Crippen MR) is 71.1 cm³/mol. The molecule has 2 unspecified atom stereocenters. The van der Waals surface area contributed by atoms with Crippen LogP contribution in [0.25, 0.3) is 0 Å². The highest BCUT2D eigenvalue weighted by atomic mass is 16.3. The minimum atomic E-state index is 0.0963. The lowest BCUT2D eigenvalue weighted by molar-refractivity contribution is -0.0398. The van der Waals surface area contributed by atoms with Crippen LogP contribution in [0.1, 0.15) is 45.4 Å². The van der Waals surface area contributed by atoms with Gasteiger partial charge in [-0.15, -0.1) is 0 Å². The Labute approximate surface area is 106 Å². The van der Waals surface area contributed by atoms with E-state index in [-0.39, 0.29) is 5.54 Å². The van der Waals surface area contributed by atoms with Gasteiger partial charge in [0.05, 0.1) is 6.61 Å². The van der Waals surface area contributed by atoms with Gasteiger partial charge in [0.15, 0.2) is 0 Å². The van der Waals surface area contributed by atoms with Crippen molar-refractivity contribution in [2.75, 3.05) is 32.8 Å². The maximum absolute atomic E-state index is 10.0. The lowest BCUT2D eigenvalue weighted by Gasteiger charge is -2.50. The number of aliphatic hydroxyl groups is 1. The average Bonchev–Trinajstić information content (AvgIpc) is 2.67. The molecule has 2 N–H and O–H groups in total. The van der Waals surface area contributed by atoms with Crippen LogP contribution in [-0.2, 0) is 0 Å². The molecular weight excluding hydrogens is 212 g/mol. The maximum atomic E-state index is 10.0. The van der Waals surface area contributed by atoms with Crippen LogP contribution in [0.15, 0.2) is 0 Å². The fourth-order valence-electron chi connectivity index (χ4n) is 3.89. The summed E-state index contributed by atoms with van der Waals surface area (Å²) in [5.41, 5.74) is 0.0963. The third kappa shape index (κ3) is 2.67. The van der Waals surface area contributed by atoms with Gasteiger partial charge in [0.1, 0.15) is 0 Å². The molecule has 1 heterocycles. The number of hydrogen-bond donors (Lipinski definition) is 2. The summed E-state index contributed by atoms with van der Waals surface area (Å²) in [5.74, 6) is 0.694. The van der Waals surface area contributed by atoms with Crippen molar-refractivity contribution in [3.05, 3.63) is 0 Å². The van der Waals surface area contributed by atoms with E-state index in [1.165, 1.54) is 38.5 Å². The first-order valence-corrected chi connectivity index (χ1v) is 7.40. The molecule has 0 radical (unpaired) electrons. The van der Waals surface area contributed by atoms with Gasteiger partial charge < -0.3 is 10.4 Å². The van der Waals surface area contributed by atoms with E-state index in [1.54, 1.807) is 0 Å². The highest BCUT2D eigenvalue weighted by Gasteiger charge is 2.43. The van der Waals surface area contributed by atoms with Gasteiger partial charge >= 0.3 is 0 Å². The molecule has 0 spiro atoms. The van der Waals surface area contributed by atoms with Gasteiger partial charge in [-0.25, -0.2) is 0 Å². The number of nitrogens with zero attached hydrogens (tertiary/aromatic N) is 1. The highest BCUT2D eigenvalue weighted by molar-refractivity contribution is 4.99. The molecule has 1 aliphatic heterocycles.